The first-order valence-corrected chi connectivity index (χ1v) is 15.0. The van der Waals surface area contributed by atoms with E-state index in [2.05, 4.69) is 40.0 Å². The van der Waals surface area contributed by atoms with Crippen molar-refractivity contribution in [1.82, 2.24) is 13.9 Å². The molecule has 0 aromatic heterocycles. The van der Waals surface area contributed by atoms with Crippen molar-refractivity contribution in [3.63, 3.8) is 0 Å². The molecule has 1 saturated carbocycles. The first-order valence-electron chi connectivity index (χ1n) is 13.6. The number of benzene rings is 2. The number of aliphatic hydroxyl groups is 1. The number of hydrogen-bond donors (Lipinski definition) is 2. The van der Waals surface area contributed by atoms with Gasteiger partial charge >= 0.3 is 0 Å². The van der Waals surface area contributed by atoms with Gasteiger partial charge < -0.3 is 9.84 Å². The average molecular weight is 530 g/mol. The molecule has 3 atom stereocenters. The molecule has 0 spiro atoms. The molecule has 0 amide bonds. The predicted octanol–water partition coefficient (Wildman–Crippen LogP) is 4.06. The topological polar surface area (TPSA) is 82.1 Å². The number of halogens is 1. The van der Waals surface area contributed by atoms with Gasteiger partial charge in [-0.1, -0.05) is 30.3 Å². The van der Waals surface area contributed by atoms with Crippen molar-refractivity contribution >= 4 is 10.2 Å². The normalized spacial score (nSPS) is 27.1. The lowest BCUT2D eigenvalue weighted by molar-refractivity contribution is 0.0735. The number of aliphatic hydroxyl groups excluding tert-OH is 1. The minimum atomic E-state index is -3.84. The molecule has 9 heteroatoms. The molecule has 2 N–H and O–H groups in total. The molecule has 200 valence electrons. The van der Waals surface area contributed by atoms with Gasteiger partial charge in [0, 0.05) is 43.3 Å². The van der Waals surface area contributed by atoms with Gasteiger partial charge in [0.05, 0.1) is 6.61 Å². The number of hydrogen-bond acceptors (Lipinski definition) is 5. The van der Waals surface area contributed by atoms with Crippen LogP contribution < -0.4 is 9.46 Å². The Morgan fingerprint density at radius 1 is 1.05 bits per heavy atom. The standard InChI is InChI=1S/C28H36FN3O4S/c29-26-16-27(24(21-7-8-21)15-25(26)28(33)30-37(34,35)31-11-4-12-31)36-18-20-13-22-9-10-23(14-20)32(22)17-19-5-2-1-3-6-19/h1-3,5-6,15-16,20-23,28,30,33H,4,7-14,17-18H2. The van der Waals surface area contributed by atoms with E-state index in [1.807, 2.05) is 0 Å². The van der Waals surface area contributed by atoms with E-state index >= 15 is 4.39 Å². The van der Waals surface area contributed by atoms with E-state index in [0.717, 1.165) is 44.2 Å². The lowest BCUT2D eigenvalue weighted by Crippen LogP contribution is -2.49. The van der Waals surface area contributed by atoms with E-state index in [-0.39, 0.29) is 11.5 Å². The van der Waals surface area contributed by atoms with Crippen molar-refractivity contribution in [3.05, 3.63) is 65.0 Å². The second kappa shape index (κ2) is 10.3. The summed E-state index contributed by atoms with van der Waals surface area (Å²) in [5.41, 5.74) is 2.17. The van der Waals surface area contributed by atoms with E-state index in [9.17, 15) is 13.5 Å². The largest absolute Gasteiger partial charge is 0.493 e. The summed E-state index contributed by atoms with van der Waals surface area (Å²) >= 11 is 0. The highest BCUT2D eigenvalue weighted by molar-refractivity contribution is 7.87. The average Bonchev–Trinajstić information content (AvgIpc) is 3.63. The van der Waals surface area contributed by atoms with E-state index in [4.69, 9.17) is 4.74 Å². The van der Waals surface area contributed by atoms with Crippen molar-refractivity contribution in [2.24, 2.45) is 5.92 Å². The third kappa shape index (κ3) is 5.43. The molecule has 4 fully saturated rings. The van der Waals surface area contributed by atoms with Gasteiger partial charge in [0.1, 0.15) is 17.8 Å². The molecule has 2 aromatic rings. The second-order valence-electron chi connectivity index (χ2n) is 11.2. The lowest BCUT2D eigenvalue weighted by Gasteiger charge is -2.39. The number of piperidine rings is 1. The summed E-state index contributed by atoms with van der Waals surface area (Å²) in [5.74, 6) is 0.558. The fraction of sp³-hybridized carbons (Fsp3) is 0.571. The number of nitrogens with zero attached hydrogens (tertiary/aromatic N) is 2. The second-order valence-corrected chi connectivity index (χ2v) is 12.9. The Morgan fingerprint density at radius 2 is 1.76 bits per heavy atom. The summed E-state index contributed by atoms with van der Waals surface area (Å²) in [7, 11) is -3.84. The molecule has 7 nitrogen and oxygen atoms in total. The van der Waals surface area contributed by atoms with Crippen LogP contribution in [0.15, 0.2) is 42.5 Å². The SMILES string of the molecule is O=S(=O)(NC(O)c1cc(C2CC2)c(OCC2CC3CCC(C2)N3Cc2ccccc2)cc1F)N1CCC1. The molecule has 4 aliphatic rings. The van der Waals surface area contributed by atoms with Crippen molar-refractivity contribution in [2.75, 3.05) is 19.7 Å². The van der Waals surface area contributed by atoms with Crippen LogP contribution >= 0.6 is 0 Å². The van der Waals surface area contributed by atoms with Crippen molar-refractivity contribution < 1.29 is 22.7 Å². The first-order chi connectivity index (χ1) is 17.9. The van der Waals surface area contributed by atoms with Gasteiger partial charge in [0.2, 0.25) is 0 Å². The zero-order chi connectivity index (χ0) is 25.6. The van der Waals surface area contributed by atoms with Gasteiger partial charge in [0.15, 0.2) is 0 Å². The van der Waals surface area contributed by atoms with E-state index in [0.29, 0.717) is 43.4 Å². The molecule has 3 saturated heterocycles. The van der Waals surface area contributed by atoms with Gasteiger partial charge in [-0.25, -0.2) is 4.39 Å². The molecule has 6 rings (SSSR count). The number of nitrogens with one attached hydrogen (secondary N) is 1. The van der Waals surface area contributed by atoms with Crippen molar-refractivity contribution in [3.8, 4) is 5.75 Å². The molecule has 1 aliphatic carbocycles. The maximum Gasteiger partial charge on any atom is 0.281 e. The summed E-state index contributed by atoms with van der Waals surface area (Å²) in [6.45, 7) is 2.37. The Morgan fingerprint density at radius 3 is 2.38 bits per heavy atom. The van der Waals surface area contributed by atoms with Gasteiger partial charge in [-0.3, -0.25) is 4.90 Å². The summed E-state index contributed by atoms with van der Waals surface area (Å²) in [5, 5.41) is 10.6. The van der Waals surface area contributed by atoms with Crippen LogP contribution in [0.5, 0.6) is 5.75 Å². The quantitative estimate of drug-likeness (QED) is 0.454. The Hall–Kier alpha value is -2.04. The van der Waals surface area contributed by atoms with Crippen LogP contribution in [0.3, 0.4) is 0 Å². The summed E-state index contributed by atoms with van der Waals surface area (Å²) < 4.78 is 49.5. The lowest BCUT2D eigenvalue weighted by atomic mass is 9.91. The van der Waals surface area contributed by atoms with Crippen LogP contribution in [0.4, 0.5) is 4.39 Å². The highest BCUT2D eigenvalue weighted by Crippen LogP contribution is 2.46. The molecule has 2 bridgehead atoms. The maximum atomic E-state index is 15.1. The third-order valence-electron chi connectivity index (χ3n) is 8.52. The number of ether oxygens (including phenoxy) is 1. The molecular weight excluding hydrogens is 493 g/mol. The number of rotatable bonds is 10. The smallest absolute Gasteiger partial charge is 0.281 e. The number of fused-ring (bicyclic) bond motifs is 2. The van der Waals surface area contributed by atoms with E-state index < -0.39 is 22.3 Å². The van der Waals surface area contributed by atoms with Crippen LogP contribution in [0.25, 0.3) is 0 Å². The van der Waals surface area contributed by atoms with Crippen molar-refractivity contribution in [2.45, 2.75) is 75.7 Å². The summed E-state index contributed by atoms with van der Waals surface area (Å²) in [6.07, 6.45) is 5.72. The third-order valence-corrected chi connectivity index (χ3v) is 10.1. The highest BCUT2D eigenvalue weighted by Gasteiger charge is 2.41. The molecule has 3 heterocycles. The maximum absolute atomic E-state index is 15.1. The first kappa shape index (κ1) is 25.2. The van der Waals surface area contributed by atoms with Gasteiger partial charge in [-0.05, 0) is 74.0 Å². The molecule has 0 radical (unpaired) electrons. The Balaban J connectivity index is 1.11. The minimum absolute atomic E-state index is 0.0504. The summed E-state index contributed by atoms with van der Waals surface area (Å²) in [4.78, 5) is 2.65. The fourth-order valence-electron chi connectivity index (χ4n) is 6.23. The highest BCUT2D eigenvalue weighted by atomic mass is 32.2. The summed E-state index contributed by atoms with van der Waals surface area (Å²) in [6, 6.07) is 14.7. The minimum Gasteiger partial charge on any atom is -0.493 e. The van der Waals surface area contributed by atoms with Crippen LogP contribution in [-0.4, -0.2) is 54.5 Å². The zero-order valence-electron chi connectivity index (χ0n) is 21.1. The van der Waals surface area contributed by atoms with E-state index in [1.54, 1.807) is 6.07 Å². The van der Waals surface area contributed by atoms with Crippen LogP contribution in [-0.2, 0) is 16.8 Å². The van der Waals surface area contributed by atoms with Crippen LogP contribution in [0.1, 0.15) is 73.8 Å². The molecule has 3 unspecified atom stereocenters. The monoisotopic (exact) mass is 529 g/mol. The predicted molar refractivity (Wildman–Crippen MR) is 139 cm³/mol. The van der Waals surface area contributed by atoms with Crippen LogP contribution in [0.2, 0.25) is 0 Å². The Bertz CT molecular complexity index is 1210. The zero-order valence-corrected chi connectivity index (χ0v) is 21.9. The Labute approximate surface area is 218 Å². The van der Waals surface area contributed by atoms with Gasteiger partial charge in [-0.15, -0.1) is 0 Å². The molecule has 37 heavy (non-hydrogen) atoms. The van der Waals surface area contributed by atoms with Crippen molar-refractivity contribution in [1.29, 1.82) is 0 Å². The molecule has 2 aromatic carbocycles. The van der Waals surface area contributed by atoms with Gasteiger partial charge in [0.25, 0.3) is 10.2 Å². The van der Waals surface area contributed by atoms with Gasteiger partial charge in [-0.2, -0.15) is 17.4 Å². The molecular formula is C28H36FN3O4S. The Kier molecular flexibility index (Phi) is 7.00. The van der Waals surface area contributed by atoms with E-state index in [1.165, 1.54) is 28.8 Å². The fourth-order valence-corrected chi connectivity index (χ4v) is 7.52. The molecule has 3 aliphatic heterocycles. The van der Waals surface area contributed by atoms with Crippen LogP contribution in [0, 0.1) is 11.7 Å².